The summed E-state index contributed by atoms with van der Waals surface area (Å²) in [6.07, 6.45) is 3.48. The highest BCUT2D eigenvalue weighted by molar-refractivity contribution is 6.33. The second-order valence-electron chi connectivity index (χ2n) is 4.77. The Kier molecular flexibility index (Phi) is 2.38. The lowest BCUT2D eigenvalue weighted by atomic mass is 10.0. The molecule has 0 aliphatic heterocycles. The molecule has 0 saturated heterocycles. The summed E-state index contributed by atoms with van der Waals surface area (Å²) >= 11 is 6.01. The zero-order chi connectivity index (χ0) is 11.2. The molecule has 0 unspecified atom stereocenters. The molecule has 0 atom stereocenters. The average molecular weight is 227 g/mol. The van der Waals surface area contributed by atoms with Gasteiger partial charge in [-0.1, -0.05) is 18.5 Å². The fourth-order valence-corrected chi connectivity index (χ4v) is 1.86. The standard InChI is InChI=1S/C11H15ClN2O/c1-7(2)14-9(8(12)6-13-14)10(15)11(3)4-5-11/h6-7H,4-5H2,1-3H3. The van der Waals surface area contributed by atoms with Gasteiger partial charge in [0.15, 0.2) is 5.78 Å². The summed E-state index contributed by atoms with van der Waals surface area (Å²) in [5.74, 6) is 0.138. The van der Waals surface area contributed by atoms with Crippen LogP contribution in [0.25, 0.3) is 0 Å². The zero-order valence-electron chi connectivity index (χ0n) is 9.25. The minimum absolute atomic E-state index is 0.138. The molecule has 82 valence electrons. The van der Waals surface area contributed by atoms with Crippen LogP contribution in [-0.2, 0) is 0 Å². The first-order chi connectivity index (χ1) is 6.96. The number of ketones is 1. The Morgan fingerprint density at radius 3 is 2.67 bits per heavy atom. The van der Waals surface area contributed by atoms with Gasteiger partial charge in [-0.2, -0.15) is 5.10 Å². The molecule has 3 nitrogen and oxygen atoms in total. The van der Waals surface area contributed by atoms with Crippen molar-refractivity contribution in [2.75, 3.05) is 0 Å². The Morgan fingerprint density at radius 2 is 2.20 bits per heavy atom. The summed E-state index contributed by atoms with van der Waals surface area (Å²) in [4.78, 5) is 12.2. The van der Waals surface area contributed by atoms with Crippen molar-refractivity contribution < 1.29 is 4.79 Å². The van der Waals surface area contributed by atoms with Gasteiger partial charge in [0.25, 0.3) is 0 Å². The van der Waals surface area contributed by atoms with Crippen LogP contribution >= 0.6 is 11.6 Å². The molecule has 0 aromatic carbocycles. The highest BCUT2D eigenvalue weighted by Gasteiger charge is 2.47. The third-order valence-electron chi connectivity index (χ3n) is 3.00. The van der Waals surface area contributed by atoms with Crippen molar-refractivity contribution in [2.45, 2.75) is 39.7 Å². The second-order valence-corrected chi connectivity index (χ2v) is 5.18. The van der Waals surface area contributed by atoms with Crippen LogP contribution < -0.4 is 0 Å². The molecule has 1 saturated carbocycles. The maximum atomic E-state index is 12.2. The van der Waals surface area contributed by atoms with Gasteiger partial charge in [-0.05, 0) is 26.7 Å². The Bertz CT molecular complexity index is 405. The number of rotatable bonds is 3. The van der Waals surface area contributed by atoms with Gasteiger partial charge in [0, 0.05) is 11.5 Å². The van der Waals surface area contributed by atoms with Gasteiger partial charge in [-0.15, -0.1) is 0 Å². The topological polar surface area (TPSA) is 34.9 Å². The fourth-order valence-electron chi connectivity index (χ4n) is 1.65. The van der Waals surface area contributed by atoms with Crippen molar-refractivity contribution in [3.05, 3.63) is 16.9 Å². The van der Waals surface area contributed by atoms with Crippen LogP contribution in [0.4, 0.5) is 0 Å². The van der Waals surface area contributed by atoms with Crippen LogP contribution in [-0.4, -0.2) is 15.6 Å². The summed E-state index contributed by atoms with van der Waals surface area (Å²) in [6.45, 7) is 5.98. The van der Waals surface area contributed by atoms with Gasteiger partial charge in [-0.3, -0.25) is 9.48 Å². The minimum Gasteiger partial charge on any atom is -0.292 e. The third kappa shape index (κ3) is 1.69. The molecular weight excluding hydrogens is 212 g/mol. The van der Waals surface area contributed by atoms with E-state index < -0.39 is 0 Å². The highest BCUT2D eigenvalue weighted by atomic mass is 35.5. The van der Waals surface area contributed by atoms with E-state index in [1.165, 1.54) is 0 Å². The molecule has 0 radical (unpaired) electrons. The number of nitrogens with zero attached hydrogens (tertiary/aromatic N) is 2. The minimum atomic E-state index is -0.184. The summed E-state index contributed by atoms with van der Waals surface area (Å²) in [5, 5.41) is 4.62. The van der Waals surface area contributed by atoms with E-state index in [4.69, 9.17) is 11.6 Å². The van der Waals surface area contributed by atoms with Gasteiger partial charge in [0.1, 0.15) is 5.69 Å². The summed E-state index contributed by atoms with van der Waals surface area (Å²) in [6, 6.07) is 0.166. The highest BCUT2D eigenvalue weighted by Crippen LogP contribution is 2.48. The van der Waals surface area contributed by atoms with Crippen LogP contribution in [0.1, 0.15) is 50.1 Å². The second kappa shape index (κ2) is 3.34. The van der Waals surface area contributed by atoms with E-state index in [0.29, 0.717) is 10.7 Å². The number of carbonyl (C=O) groups is 1. The Labute approximate surface area is 94.4 Å². The average Bonchev–Trinajstić information content (AvgIpc) is 2.78. The Balaban J connectivity index is 2.42. The molecule has 0 amide bonds. The van der Waals surface area contributed by atoms with Gasteiger partial charge in [0.2, 0.25) is 0 Å². The van der Waals surface area contributed by atoms with Crippen molar-refractivity contribution in [1.82, 2.24) is 9.78 Å². The molecule has 1 aliphatic carbocycles. The van der Waals surface area contributed by atoms with Crippen molar-refractivity contribution >= 4 is 17.4 Å². The lowest BCUT2D eigenvalue weighted by Gasteiger charge is -2.13. The first-order valence-electron chi connectivity index (χ1n) is 5.23. The molecule has 15 heavy (non-hydrogen) atoms. The number of Topliss-reactive ketones (excluding diaryl/α,β-unsaturated/α-hetero) is 1. The summed E-state index contributed by atoms with van der Waals surface area (Å²) in [5.41, 5.74) is 0.391. The van der Waals surface area contributed by atoms with E-state index in [0.717, 1.165) is 12.8 Å². The maximum Gasteiger partial charge on any atom is 0.188 e. The molecule has 1 aromatic heterocycles. The number of hydrogen-bond donors (Lipinski definition) is 0. The number of halogens is 1. The van der Waals surface area contributed by atoms with E-state index in [-0.39, 0.29) is 17.2 Å². The smallest absolute Gasteiger partial charge is 0.188 e. The number of hydrogen-bond acceptors (Lipinski definition) is 2. The molecule has 1 aromatic rings. The van der Waals surface area contributed by atoms with Gasteiger partial charge < -0.3 is 0 Å². The van der Waals surface area contributed by atoms with Gasteiger partial charge >= 0.3 is 0 Å². The zero-order valence-corrected chi connectivity index (χ0v) is 10.0. The maximum absolute atomic E-state index is 12.2. The predicted molar refractivity (Wildman–Crippen MR) is 59.3 cm³/mol. The first kappa shape index (κ1) is 10.7. The molecule has 0 N–H and O–H groups in total. The largest absolute Gasteiger partial charge is 0.292 e. The predicted octanol–water partition coefficient (Wildman–Crippen LogP) is 3.10. The van der Waals surface area contributed by atoms with Crippen LogP contribution in [0.3, 0.4) is 0 Å². The molecule has 1 heterocycles. The fraction of sp³-hybridized carbons (Fsp3) is 0.636. The molecule has 1 aliphatic rings. The SMILES string of the molecule is CC(C)n1ncc(Cl)c1C(=O)C1(C)CC1. The van der Waals surface area contributed by atoms with E-state index in [1.807, 2.05) is 20.8 Å². The molecule has 0 bridgehead atoms. The molecule has 0 spiro atoms. The lowest BCUT2D eigenvalue weighted by Crippen LogP contribution is -2.19. The first-order valence-corrected chi connectivity index (χ1v) is 5.61. The van der Waals surface area contributed by atoms with Gasteiger partial charge in [0.05, 0.1) is 11.2 Å². The van der Waals surface area contributed by atoms with E-state index in [2.05, 4.69) is 5.10 Å². The van der Waals surface area contributed by atoms with E-state index in [1.54, 1.807) is 10.9 Å². The molecule has 4 heteroatoms. The monoisotopic (exact) mass is 226 g/mol. The van der Waals surface area contributed by atoms with Crippen LogP contribution in [0.15, 0.2) is 6.20 Å². The Hall–Kier alpha value is -0.830. The van der Waals surface area contributed by atoms with Crippen LogP contribution in [0, 0.1) is 5.41 Å². The molecule has 2 rings (SSSR count). The van der Waals surface area contributed by atoms with Gasteiger partial charge in [-0.25, -0.2) is 0 Å². The van der Waals surface area contributed by atoms with Crippen LogP contribution in [0.5, 0.6) is 0 Å². The van der Waals surface area contributed by atoms with Crippen molar-refractivity contribution in [3.8, 4) is 0 Å². The third-order valence-corrected chi connectivity index (χ3v) is 3.28. The molecular formula is C11H15ClN2O. The number of carbonyl (C=O) groups excluding carboxylic acids is 1. The quantitative estimate of drug-likeness (QED) is 0.743. The van der Waals surface area contributed by atoms with Crippen molar-refractivity contribution in [1.29, 1.82) is 0 Å². The van der Waals surface area contributed by atoms with Crippen molar-refractivity contribution in [3.63, 3.8) is 0 Å². The van der Waals surface area contributed by atoms with Crippen molar-refractivity contribution in [2.24, 2.45) is 5.41 Å². The normalized spacial score (nSPS) is 18.2. The Morgan fingerprint density at radius 1 is 1.60 bits per heavy atom. The lowest BCUT2D eigenvalue weighted by molar-refractivity contribution is 0.0899. The van der Waals surface area contributed by atoms with Crippen LogP contribution in [0.2, 0.25) is 5.02 Å². The summed E-state index contributed by atoms with van der Waals surface area (Å²) < 4.78 is 1.72. The molecule has 1 fully saturated rings. The van der Waals surface area contributed by atoms with E-state index in [9.17, 15) is 4.79 Å². The summed E-state index contributed by atoms with van der Waals surface area (Å²) in [7, 11) is 0. The van der Waals surface area contributed by atoms with E-state index >= 15 is 0 Å². The number of aromatic nitrogens is 2.